The Hall–Kier alpha value is -2.40. The van der Waals surface area contributed by atoms with Crippen LogP contribution in [0.5, 0.6) is 5.75 Å². The largest absolute Gasteiger partial charge is 0.478 e. The lowest BCUT2D eigenvalue weighted by Crippen LogP contribution is -2.56. The van der Waals surface area contributed by atoms with Crippen molar-refractivity contribution in [2.24, 2.45) is 0 Å². The van der Waals surface area contributed by atoms with E-state index in [1.165, 1.54) is 0 Å². The van der Waals surface area contributed by atoms with Crippen LogP contribution < -0.4 is 9.64 Å². The molecule has 7 heteroatoms. The number of halogens is 3. The Bertz CT molecular complexity index is 1160. The van der Waals surface area contributed by atoms with Gasteiger partial charge in [0.1, 0.15) is 5.75 Å². The topological polar surface area (TPSA) is 32.8 Å². The number of aryl methyl sites for hydroxylation is 1. The highest BCUT2D eigenvalue weighted by Crippen LogP contribution is 2.36. The van der Waals surface area contributed by atoms with Crippen molar-refractivity contribution in [3.63, 3.8) is 0 Å². The summed E-state index contributed by atoms with van der Waals surface area (Å²) in [4.78, 5) is 17.7. The molecule has 1 aliphatic heterocycles. The smallest absolute Gasteiger partial charge is 0.266 e. The quantitative estimate of drug-likeness (QED) is 0.359. The molecule has 1 amide bonds. The van der Waals surface area contributed by atoms with E-state index in [9.17, 15) is 4.79 Å². The van der Waals surface area contributed by atoms with E-state index in [0.717, 1.165) is 16.8 Å². The Kier molecular flexibility index (Phi) is 7.32. The van der Waals surface area contributed by atoms with Gasteiger partial charge in [-0.2, -0.15) is 0 Å². The van der Waals surface area contributed by atoms with Crippen LogP contribution in [0.2, 0.25) is 15.1 Å². The number of nitrogens with zero attached hydrogens (tertiary/aromatic N) is 2. The molecule has 4 nitrogen and oxygen atoms in total. The van der Waals surface area contributed by atoms with Crippen molar-refractivity contribution < 1.29 is 9.53 Å². The monoisotopic (exact) mass is 516 g/mol. The summed E-state index contributed by atoms with van der Waals surface area (Å²) in [6.45, 7) is 7.30. The molecule has 0 saturated carbocycles. The van der Waals surface area contributed by atoms with E-state index in [2.05, 4.69) is 11.0 Å². The van der Waals surface area contributed by atoms with E-state index in [1.54, 1.807) is 38.1 Å². The van der Waals surface area contributed by atoms with Crippen LogP contribution in [-0.2, 0) is 4.79 Å². The second-order valence-corrected chi connectivity index (χ2v) is 10.3. The summed E-state index contributed by atoms with van der Waals surface area (Å²) >= 11 is 18.8. The molecule has 3 aromatic rings. The lowest BCUT2D eigenvalue weighted by molar-refractivity contribution is -0.146. The van der Waals surface area contributed by atoms with Crippen LogP contribution in [-0.4, -0.2) is 36.0 Å². The van der Waals surface area contributed by atoms with E-state index in [0.29, 0.717) is 40.5 Å². The van der Waals surface area contributed by atoms with Gasteiger partial charge in [0.25, 0.3) is 5.91 Å². The first-order chi connectivity index (χ1) is 16.1. The maximum Gasteiger partial charge on any atom is 0.266 e. The molecule has 0 aromatic heterocycles. The summed E-state index contributed by atoms with van der Waals surface area (Å²) in [6.07, 6.45) is 0. The maximum absolute atomic E-state index is 13.6. The van der Waals surface area contributed by atoms with Crippen LogP contribution in [0, 0.1) is 6.92 Å². The Morgan fingerprint density at radius 2 is 1.53 bits per heavy atom. The molecule has 0 unspecified atom stereocenters. The standard InChI is InChI=1S/C27H27Cl3N2O2/c1-18-4-13-24(23(30)16-18)32-15-14-31(17-25(32)19-5-7-20(28)8-6-19)26(33)27(2,3)34-22-11-9-21(29)10-12-22/h4-13,16,25H,14-15,17H2,1-3H3/t25-/m0/s1. The summed E-state index contributed by atoms with van der Waals surface area (Å²) in [5, 5.41) is 1.99. The third-order valence-electron chi connectivity index (χ3n) is 6.04. The molecular weight excluding hydrogens is 491 g/mol. The van der Waals surface area contributed by atoms with Crippen LogP contribution in [0.25, 0.3) is 0 Å². The molecule has 178 valence electrons. The van der Waals surface area contributed by atoms with Gasteiger partial charge in [-0.25, -0.2) is 0 Å². The molecule has 0 spiro atoms. The third-order valence-corrected chi connectivity index (χ3v) is 6.84. The van der Waals surface area contributed by atoms with E-state index in [-0.39, 0.29) is 11.9 Å². The number of hydrogen-bond donors (Lipinski definition) is 0. The first-order valence-corrected chi connectivity index (χ1v) is 12.3. The molecule has 1 heterocycles. The number of amides is 1. The second kappa shape index (κ2) is 10.1. The van der Waals surface area contributed by atoms with Gasteiger partial charge in [0, 0.05) is 29.7 Å². The molecule has 0 aliphatic carbocycles. The lowest BCUT2D eigenvalue weighted by atomic mass is 9.99. The highest BCUT2D eigenvalue weighted by molar-refractivity contribution is 6.33. The Morgan fingerprint density at radius 1 is 0.912 bits per heavy atom. The maximum atomic E-state index is 13.6. The number of piperazine rings is 1. The SMILES string of the molecule is Cc1ccc(N2CCN(C(=O)C(C)(C)Oc3ccc(Cl)cc3)C[C@H]2c2ccc(Cl)cc2)c(Cl)c1. The zero-order valence-electron chi connectivity index (χ0n) is 19.4. The van der Waals surface area contributed by atoms with E-state index in [1.807, 2.05) is 48.2 Å². The van der Waals surface area contributed by atoms with Crippen molar-refractivity contribution in [2.75, 3.05) is 24.5 Å². The number of ether oxygens (including phenoxy) is 1. The van der Waals surface area contributed by atoms with Gasteiger partial charge in [-0.3, -0.25) is 4.79 Å². The van der Waals surface area contributed by atoms with Crippen molar-refractivity contribution in [2.45, 2.75) is 32.4 Å². The first-order valence-electron chi connectivity index (χ1n) is 11.2. The van der Waals surface area contributed by atoms with Gasteiger partial charge in [-0.15, -0.1) is 0 Å². The minimum Gasteiger partial charge on any atom is -0.478 e. The van der Waals surface area contributed by atoms with Gasteiger partial charge >= 0.3 is 0 Å². The average Bonchev–Trinajstić information content (AvgIpc) is 2.80. The first kappa shape index (κ1) is 24.7. The summed E-state index contributed by atoms with van der Waals surface area (Å²) in [6, 6.07) is 20.8. The highest BCUT2D eigenvalue weighted by Gasteiger charge is 2.39. The lowest BCUT2D eigenvalue weighted by Gasteiger charge is -2.45. The fourth-order valence-electron chi connectivity index (χ4n) is 4.29. The normalized spacial score (nSPS) is 16.5. The van der Waals surface area contributed by atoms with Gasteiger partial charge in [0.15, 0.2) is 5.60 Å². The number of hydrogen-bond acceptors (Lipinski definition) is 3. The van der Waals surface area contributed by atoms with E-state index < -0.39 is 5.60 Å². The molecule has 1 saturated heterocycles. The zero-order chi connectivity index (χ0) is 24.5. The molecule has 1 fully saturated rings. The average molecular weight is 518 g/mol. The number of carbonyl (C=O) groups excluding carboxylic acids is 1. The molecule has 4 rings (SSSR count). The summed E-state index contributed by atoms with van der Waals surface area (Å²) in [7, 11) is 0. The molecule has 1 aliphatic rings. The summed E-state index contributed by atoms with van der Waals surface area (Å²) < 4.78 is 6.07. The molecule has 3 aromatic carbocycles. The van der Waals surface area contributed by atoms with Crippen LogP contribution in [0.3, 0.4) is 0 Å². The molecule has 0 radical (unpaired) electrons. The van der Waals surface area contributed by atoms with Gasteiger partial charge in [0.05, 0.1) is 16.8 Å². The molecule has 1 atom stereocenters. The number of carbonyl (C=O) groups is 1. The van der Waals surface area contributed by atoms with Crippen LogP contribution in [0.1, 0.15) is 31.0 Å². The van der Waals surface area contributed by atoms with Gasteiger partial charge in [-0.1, -0.05) is 53.0 Å². The molecular formula is C27H27Cl3N2O2. The molecule has 0 bridgehead atoms. The fraction of sp³-hybridized carbons (Fsp3) is 0.296. The van der Waals surface area contributed by atoms with Crippen molar-refractivity contribution in [1.29, 1.82) is 0 Å². The Balaban J connectivity index is 1.60. The zero-order valence-corrected chi connectivity index (χ0v) is 21.7. The minimum absolute atomic E-state index is 0.0731. The summed E-state index contributed by atoms with van der Waals surface area (Å²) in [5.74, 6) is 0.526. The predicted molar refractivity (Wildman–Crippen MR) is 140 cm³/mol. The van der Waals surface area contributed by atoms with Crippen LogP contribution >= 0.6 is 34.8 Å². The second-order valence-electron chi connectivity index (χ2n) is 9.03. The fourth-order valence-corrected chi connectivity index (χ4v) is 4.89. The minimum atomic E-state index is -1.04. The van der Waals surface area contributed by atoms with Crippen molar-refractivity contribution in [3.8, 4) is 5.75 Å². The van der Waals surface area contributed by atoms with Crippen molar-refractivity contribution in [1.82, 2.24) is 4.90 Å². The predicted octanol–water partition coefficient (Wildman–Crippen LogP) is 7.20. The van der Waals surface area contributed by atoms with Gasteiger partial charge in [0.2, 0.25) is 0 Å². The van der Waals surface area contributed by atoms with Crippen molar-refractivity contribution in [3.05, 3.63) is 92.9 Å². The molecule has 0 N–H and O–H groups in total. The van der Waals surface area contributed by atoms with E-state index >= 15 is 0 Å². The Labute approximate surface area is 216 Å². The van der Waals surface area contributed by atoms with Gasteiger partial charge in [-0.05, 0) is 80.4 Å². The highest BCUT2D eigenvalue weighted by atomic mass is 35.5. The number of benzene rings is 3. The van der Waals surface area contributed by atoms with E-state index in [4.69, 9.17) is 39.5 Å². The van der Waals surface area contributed by atoms with Crippen molar-refractivity contribution >= 4 is 46.4 Å². The van der Waals surface area contributed by atoms with Crippen LogP contribution in [0.15, 0.2) is 66.7 Å². The van der Waals surface area contributed by atoms with Crippen LogP contribution in [0.4, 0.5) is 5.69 Å². The number of rotatable bonds is 5. The molecule has 34 heavy (non-hydrogen) atoms. The van der Waals surface area contributed by atoms with Gasteiger partial charge < -0.3 is 14.5 Å². The Morgan fingerprint density at radius 3 is 2.15 bits per heavy atom. The summed E-state index contributed by atoms with van der Waals surface area (Å²) in [5.41, 5.74) is 2.08. The third kappa shape index (κ3) is 5.46. The number of anilines is 1.